The lowest BCUT2D eigenvalue weighted by Gasteiger charge is -2.23. The number of carboxylic acids is 1. The number of benzene rings is 1. The van der Waals surface area contributed by atoms with Crippen molar-refractivity contribution < 1.29 is 19.4 Å². The first-order chi connectivity index (χ1) is 10.8. The van der Waals surface area contributed by atoms with Crippen LogP contribution in [0.25, 0.3) is 0 Å². The Morgan fingerprint density at radius 2 is 2.13 bits per heavy atom. The van der Waals surface area contributed by atoms with Gasteiger partial charge in [-0.3, -0.25) is 4.79 Å². The number of carbonyl (C=O) groups is 1. The van der Waals surface area contributed by atoms with Crippen molar-refractivity contribution in [3.05, 3.63) is 33.8 Å². The van der Waals surface area contributed by atoms with E-state index in [1.165, 1.54) is 0 Å². The molecule has 0 bridgehead atoms. The fourth-order valence-corrected chi connectivity index (χ4v) is 3.10. The van der Waals surface area contributed by atoms with Crippen LogP contribution >= 0.6 is 23.2 Å². The summed E-state index contributed by atoms with van der Waals surface area (Å²) in [4.78, 5) is 11.3. The van der Waals surface area contributed by atoms with E-state index in [9.17, 15) is 9.90 Å². The number of aliphatic carboxylic acids is 1. The van der Waals surface area contributed by atoms with Crippen LogP contribution in [-0.2, 0) is 14.3 Å². The summed E-state index contributed by atoms with van der Waals surface area (Å²) in [5.74, 6) is -0.850. The van der Waals surface area contributed by atoms with Gasteiger partial charge in [0.1, 0.15) is 6.04 Å². The summed E-state index contributed by atoms with van der Waals surface area (Å²) < 4.78 is 11.7. The normalized spacial score (nSPS) is 26.9. The lowest BCUT2D eigenvalue weighted by atomic mass is 9.97. The molecule has 1 aromatic carbocycles. The zero-order chi connectivity index (χ0) is 17.1. The topological polar surface area (TPSA) is 67.8 Å². The first kappa shape index (κ1) is 18.5. The van der Waals surface area contributed by atoms with Gasteiger partial charge in [0.2, 0.25) is 0 Å². The van der Waals surface area contributed by atoms with Crippen molar-refractivity contribution >= 4 is 29.2 Å². The van der Waals surface area contributed by atoms with E-state index in [1.54, 1.807) is 19.2 Å². The Kier molecular flexibility index (Phi) is 6.28. The highest BCUT2D eigenvalue weighted by atomic mass is 35.5. The second-order valence-corrected chi connectivity index (χ2v) is 6.61. The zero-order valence-electron chi connectivity index (χ0n) is 13.3. The molecule has 5 nitrogen and oxygen atoms in total. The molecule has 0 radical (unpaired) electrons. The van der Waals surface area contributed by atoms with Crippen molar-refractivity contribution in [2.24, 2.45) is 5.92 Å². The highest BCUT2D eigenvalue weighted by Gasteiger charge is 2.41. The molecule has 2 unspecified atom stereocenters. The Labute approximate surface area is 145 Å². The number of likely N-dealkylation sites (N-methyl/N-ethyl adjacent to an activating group) is 1. The zero-order valence-corrected chi connectivity index (χ0v) is 14.8. The van der Waals surface area contributed by atoms with E-state index in [0.717, 1.165) is 5.56 Å². The van der Waals surface area contributed by atoms with Gasteiger partial charge in [-0.2, -0.15) is 0 Å². The number of halogens is 2. The molecule has 128 valence electrons. The van der Waals surface area contributed by atoms with Gasteiger partial charge in [-0.05, 0) is 37.6 Å². The van der Waals surface area contributed by atoms with Crippen molar-refractivity contribution in [2.75, 3.05) is 7.05 Å². The Balaban J connectivity index is 2.01. The third-order valence-electron chi connectivity index (χ3n) is 4.11. The molecule has 1 aliphatic heterocycles. The second kappa shape index (κ2) is 7.81. The highest BCUT2D eigenvalue weighted by Crippen LogP contribution is 2.33. The van der Waals surface area contributed by atoms with Crippen LogP contribution in [0.15, 0.2) is 18.2 Å². The van der Waals surface area contributed by atoms with Crippen molar-refractivity contribution in [1.29, 1.82) is 0 Å². The predicted molar refractivity (Wildman–Crippen MR) is 88.9 cm³/mol. The lowest BCUT2D eigenvalue weighted by molar-refractivity contribution is -0.171. The lowest BCUT2D eigenvalue weighted by Crippen LogP contribution is -2.46. The maximum atomic E-state index is 11.3. The molecule has 2 rings (SSSR count). The minimum Gasteiger partial charge on any atom is -0.480 e. The van der Waals surface area contributed by atoms with Crippen molar-refractivity contribution in [3.8, 4) is 0 Å². The number of rotatable bonds is 6. The van der Waals surface area contributed by atoms with E-state index >= 15 is 0 Å². The fraction of sp³-hybridized carbons (Fsp3) is 0.562. The predicted octanol–water partition coefficient (Wildman–Crippen LogP) is 3.49. The molecule has 0 aliphatic carbocycles. The summed E-state index contributed by atoms with van der Waals surface area (Å²) >= 11 is 11.9. The molecular weight excluding hydrogens is 341 g/mol. The van der Waals surface area contributed by atoms with Crippen molar-refractivity contribution in [2.45, 2.75) is 44.8 Å². The first-order valence-electron chi connectivity index (χ1n) is 7.49. The smallest absolute Gasteiger partial charge is 0.323 e. The molecule has 1 heterocycles. The van der Waals surface area contributed by atoms with Crippen LogP contribution in [-0.4, -0.2) is 36.6 Å². The molecule has 1 fully saturated rings. The molecule has 0 aromatic heterocycles. The van der Waals surface area contributed by atoms with E-state index in [-0.39, 0.29) is 12.0 Å². The number of hydrogen-bond acceptors (Lipinski definition) is 4. The molecular formula is C16H21Cl2NO4. The molecule has 1 saturated heterocycles. The Morgan fingerprint density at radius 1 is 1.43 bits per heavy atom. The quantitative estimate of drug-likeness (QED) is 0.811. The summed E-state index contributed by atoms with van der Waals surface area (Å²) in [6.07, 6.45) is -0.473. The van der Waals surface area contributed by atoms with Crippen LogP contribution in [0.5, 0.6) is 0 Å². The van der Waals surface area contributed by atoms with Gasteiger partial charge >= 0.3 is 5.97 Å². The minimum atomic E-state index is -0.928. The molecule has 2 N–H and O–H groups in total. The van der Waals surface area contributed by atoms with Gasteiger partial charge in [-0.1, -0.05) is 36.2 Å². The number of carboxylic acid groups (broad SMARTS) is 1. The maximum Gasteiger partial charge on any atom is 0.323 e. The molecule has 23 heavy (non-hydrogen) atoms. The van der Waals surface area contributed by atoms with Gasteiger partial charge in [-0.25, -0.2) is 0 Å². The molecule has 0 amide bonds. The Bertz CT molecular complexity index is 569. The second-order valence-electron chi connectivity index (χ2n) is 5.80. The number of nitrogens with one attached hydrogen (secondary N) is 1. The molecule has 7 heteroatoms. The minimum absolute atomic E-state index is 0.0783. The van der Waals surface area contributed by atoms with Crippen molar-refractivity contribution in [1.82, 2.24) is 5.32 Å². The van der Waals surface area contributed by atoms with E-state index in [1.807, 2.05) is 19.9 Å². The van der Waals surface area contributed by atoms with Crippen LogP contribution in [0, 0.1) is 5.92 Å². The fourth-order valence-electron chi connectivity index (χ4n) is 2.80. The largest absolute Gasteiger partial charge is 0.480 e. The molecule has 1 aromatic rings. The van der Waals surface area contributed by atoms with Gasteiger partial charge < -0.3 is 19.9 Å². The molecule has 5 atom stereocenters. The van der Waals surface area contributed by atoms with Crippen LogP contribution < -0.4 is 5.32 Å². The monoisotopic (exact) mass is 361 g/mol. The molecule has 0 saturated carbocycles. The van der Waals surface area contributed by atoms with E-state index in [0.29, 0.717) is 16.5 Å². The third kappa shape index (κ3) is 4.37. The maximum absolute atomic E-state index is 11.3. The summed E-state index contributed by atoms with van der Waals surface area (Å²) in [7, 11) is 1.61. The van der Waals surface area contributed by atoms with Crippen LogP contribution in [0.2, 0.25) is 10.0 Å². The Hall–Kier alpha value is -0.850. The van der Waals surface area contributed by atoms with Crippen LogP contribution in [0.1, 0.15) is 31.9 Å². The van der Waals surface area contributed by atoms with Crippen molar-refractivity contribution in [3.63, 3.8) is 0 Å². The summed E-state index contributed by atoms with van der Waals surface area (Å²) in [6, 6.07) is 4.58. The summed E-state index contributed by atoms with van der Waals surface area (Å²) in [5, 5.41) is 13.0. The number of hydrogen-bond donors (Lipinski definition) is 2. The van der Waals surface area contributed by atoms with Gasteiger partial charge in [0.25, 0.3) is 0 Å². The summed E-state index contributed by atoms with van der Waals surface area (Å²) in [6.45, 7) is 3.86. The van der Waals surface area contributed by atoms with Gasteiger partial charge in [0, 0.05) is 6.42 Å². The van der Waals surface area contributed by atoms with E-state index in [4.69, 9.17) is 32.7 Å². The summed E-state index contributed by atoms with van der Waals surface area (Å²) in [5.41, 5.74) is 0.891. The molecule has 1 aliphatic rings. The SMILES string of the molecule is CNC(C(=O)O)[C@@H]1OC(O[C@H](C)c2ccc(Cl)c(Cl)c2)C[C@H]1C. The molecule has 0 spiro atoms. The van der Waals surface area contributed by atoms with E-state index in [2.05, 4.69) is 5.32 Å². The number of ether oxygens (including phenoxy) is 2. The standard InChI is InChI=1S/C16H21Cl2NO4/c1-8-6-13(23-15(8)14(19-3)16(20)21)22-9(2)10-4-5-11(17)12(18)7-10/h4-5,7-9,13-15,19H,6H2,1-3H3,(H,20,21)/t8-,9-,13?,14?,15-/m1/s1. The first-order valence-corrected chi connectivity index (χ1v) is 8.25. The van der Waals surface area contributed by atoms with Gasteiger partial charge in [-0.15, -0.1) is 0 Å². The average molecular weight is 362 g/mol. The van der Waals surface area contributed by atoms with Crippen LogP contribution in [0.4, 0.5) is 0 Å². The van der Waals surface area contributed by atoms with E-state index < -0.39 is 24.4 Å². The van der Waals surface area contributed by atoms with Crippen LogP contribution in [0.3, 0.4) is 0 Å². The van der Waals surface area contributed by atoms with Gasteiger partial charge in [0.05, 0.1) is 22.3 Å². The van der Waals surface area contributed by atoms with Gasteiger partial charge in [0.15, 0.2) is 6.29 Å². The Morgan fingerprint density at radius 3 is 2.70 bits per heavy atom. The average Bonchev–Trinajstić information content (AvgIpc) is 2.83. The third-order valence-corrected chi connectivity index (χ3v) is 4.85. The highest BCUT2D eigenvalue weighted by molar-refractivity contribution is 6.42.